The number of hydrogen-bond acceptors (Lipinski definition) is 2. The molecule has 3 fully saturated rings. The average Bonchev–Trinajstić information content (AvgIpc) is 2.06. The summed E-state index contributed by atoms with van der Waals surface area (Å²) in [6.45, 7) is 1.16. The summed E-state index contributed by atoms with van der Waals surface area (Å²) in [5, 5.41) is 12.1. The maximum Gasteiger partial charge on any atom is 0.0672 e. The average molecular weight is 136 g/mol. The second-order valence-corrected chi connectivity index (χ2v) is 3.43. The van der Waals surface area contributed by atoms with Crippen molar-refractivity contribution in [3.63, 3.8) is 0 Å². The van der Waals surface area contributed by atoms with Crippen LogP contribution in [0.5, 0.6) is 0 Å². The van der Waals surface area contributed by atoms with Crippen LogP contribution in [0.15, 0.2) is 0 Å². The summed E-state index contributed by atoms with van der Waals surface area (Å²) in [6.07, 6.45) is 3.72. The fourth-order valence-electron chi connectivity index (χ4n) is 2.15. The van der Waals surface area contributed by atoms with E-state index in [1.165, 1.54) is 12.8 Å². The largest absolute Gasteiger partial charge is 0.312 e. The van der Waals surface area contributed by atoms with E-state index < -0.39 is 0 Å². The van der Waals surface area contributed by atoms with Gasteiger partial charge in [-0.3, -0.25) is 0 Å². The van der Waals surface area contributed by atoms with Crippen molar-refractivity contribution >= 4 is 0 Å². The second kappa shape index (κ2) is 2.25. The monoisotopic (exact) mass is 136 g/mol. The van der Waals surface area contributed by atoms with Gasteiger partial charge in [-0.2, -0.15) is 5.26 Å². The molecule has 3 rings (SSSR count). The van der Waals surface area contributed by atoms with Crippen LogP contribution in [0.25, 0.3) is 0 Å². The van der Waals surface area contributed by atoms with Crippen LogP contribution in [-0.2, 0) is 0 Å². The third kappa shape index (κ3) is 0.819. The van der Waals surface area contributed by atoms with Gasteiger partial charge in [-0.1, -0.05) is 0 Å². The molecule has 0 radical (unpaired) electrons. The third-order valence-electron chi connectivity index (χ3n) is 2.79. The first-order chi connectivity index (χ1) is 4.90. The predicted octanol–water partition coefficient (Wildman–Crippen LogP) is 0.898. The van der Waals surface area contributed by atoms with E-state index in [1.54, 1.807) is 0 Å². The highest BCUT2D eigenvalue weighted by Gasteiger charge is 2.34. The molecule has 2 nitrogen and oxygen atoms in total. The van der Waals surface area contributed by atoms with Crippen LogP contribution >= 0.6 is 0 Å². The lowest BCUT2D eigenvalue weighted by Crippen LogP contribution is -2.49. The lowest BCUT2D eigenvalue weighted by atomic mass is 9.75. The molecule has 3 atom stereocenters. The Morgan fingerprint density at radius 1 is 1.40 bits per heavy atom. The zero-order chi connectivity index (χ0) is 6.97. The molecule has 1 N–H and O–H groups in total. The molecule has 2 heterocycles. The molecule has 2 bridgehead atoms. The summed E-state index contributed by atoms with van der Waals surface area (Å²) >= 11 is 0. The van der Waals surface area contributed by atoms with Crippen molar-refractivity contribution in [2.75, 3.05) is 6.54 Å². The normalized spacial score (nSPS) is 44.9. The van der Waals surface area contributed by atoms with Crippen LogP contribution < -0.4 is 5.32 Å². The number of nitrogens with one attached hydrogen (secondary N) is 1. The van der Waals surface area contributed by atoms with Gasteiger partial charge < -0.3 is 5.32 Å². The van der Waals surface area contributed by atoms with Gasteiger partial charge in [0.1, 0.15) is 0 Å². The van der Waals surface area contributed by atoms with Crippen molar-refractivity contribution in [2.45, 2.75) is 25.3 Å². The van der Waals surface area contributed by atoms with Crippen LogP contribution in [-0.4, -0.2) is 12.6 Å². The molecule has 2 saturated heterocycles. The van der Waals surface area contributed by atoms with E-state index in [2.05, 4.69) is 11.4 Å². The van der Waals surface area contributed by atoms with Crippen molar-refractivity contribution in [2.24, 2.45) is 11.8 Å². The molecule has 0 aromatic rings. The predicted molar refractivity (Wildman–Crippen MR) is 38.2 cm³/mol. The van der Waals surface area contributed by atoms with Crippen molar-refractivity contribution in [3.8, 4) is 6.07 Å². The summed E-state index contributed by atoms with van der Waals surface area (Å²) in [5.41, 5.74) is 0. The molecule has 0 aromatic heterocycles. The smallest absolute Gasteiger partial charge is 0.0672 e. The van der Waals surface area contributed by atoms with E-state index in [9.17, 15) is 0 Å². The van der Waals surface area contributed by atoms with Gasteiger partial charge in [0.2, 0.25) is 0 Å². The first-order valence-electron chi connectivity index (χ1n) is 4.03. The summed E-state index contributed by atoms with van der Waals surface area (Å²) in [6, 6.07) is 2.90. The van der Waals surface area contributed by atoms with Gasteiger partial charge in [0.05, 0.1) is 12.0 Å². The highest BCUT2D eigenvalue weighted by Crippen LogP contribution is 2.32. The Morgan fingerprint density at radius 3 is 2.60 bits per heavy atom. The third-order valence-corrected chi connectivity index (χ3v) is 2.79. The molecule has 1 aliphatic carbocycles. The maximum absolute atomic E-state index is 8.72. The topological polar surface area (TPSA) is 35.8 Å². The Kier molecular flexibility index (Phi) is 1.39. The Balaban J connectivity index is 2.09. The molecule has 0 unspecified atom stereocenters. The molecule has 0 spiro atoms. The van der Waals surface area contributed by atoms with Gasteiger partial charge in [-0.05, 0) is 31.7 Å². The van der Waals surface area contributed by atoms with Crippen LogP contribution in [0.3, 0.4) is 0 Å². The molecule has 54 valence electrons. The minimum Gasteiger partial charge on any atom is -0.312 e. The fraction of sp³-hybridized carbons (Fsp3) is 0.875. The molecule has 2 aliphatic heterocycles. The molecule has 10 heavy (non-hydrogen) atoms. The number of piperidine rings is 2. The highest BCUT2D eigenvalue weighted by atomic mass is 15.0. The molecular formula is C8H12N2. The molecule has 0 aromatic carbocycles. The molecule has 0 amide bonds. The standard InChI is InChI=1S/C8H12N2/c9-4-7-3-6-1-2-8(7)10-5-6/h6-8,10H,1-3,5H2/t6-,7-,8+/m0/s1. The van der Waals surface area contributed by atoms with Crippen molar-refractivity contribution in [1.29, 1.82) is 5.26 Å². The zero-order valence-corrected chi connectivity index (χ0v) is 6.01. The van der Waals surface area contributed by atoms with E-state index >= 15 is 0 Å². The summed E-state index contributed by atoms with van der Waals surface area (Å²) < 4.78 is 0. The van der Waals surface area contributed by atoms with Gasteiger partial charge >= 0.3 is 0 Å². The summed E-state index contributed by atoms with van der Waals surface area (Å²) in [4.78, 5) is 0. The van der Waals surface area contributed by atoms with Gasteiger partial charge in [0.15, 0.2) is 0 Å². The number of nitrogens with zero attached hydrogens (tertiary/aromatic N) is 1. The zero-order valence-electron chi connectivity index (χ0n) is 6.01. The first-order valence-corrected chi connectivity index (χ1v) is 4.03. The molecule has 2 heteroatoms. The SMILES string of the molecule is N#C[C@@H]1C[C@@H]2CC[C@H]1NC2. The Morgan fingerprint density at radius 2 is 2.30 bits per heavy atom. The van der Waals surface area contributed by atoms with E-state index in [1.807, 2.05) is 0 Å². The second-order valence-electron chi connectivity index (χ2n) is 3.43. The summed E-state index contributed by atoms with van der Waals surface area (Å²) in [7, 11) is 0. The minimum atomic E-state index is 0.312. The van der Waals surface area contributed by atoms with E-state index in [4.69, 9.17) is 5.26 Å². The Labute approximate surface area is 61.2 Å². The van der Waals surface area contributed by atoms with Gasteiger partial charge in [0.25, 0.3) is 0 Å². The van der Waals surface area contributed by atoms with E-state index in [0.717, 1.165) is 18.9 Å². The maximum atomic E-state index is 8.72. The number of nitriles is 1. The number of rotatable bonds is 0. The summed E-state index contributed by atoms with van der Waals surface area (Å²) in [5.74, 6) is 1.11. The van der Waals surface area contributed by atoms with Gasteiger partial charge in [0, 0.05) is 6.04 Å². The van der Waals surface area contributed by atoms with E-state index in [-0.39, 0.29) is 0 Å². The Bertz CT molecular complexity index is 163. The number of fused-ring (bicyclic) bond motifs is 3. The highest BCUT2D eigenvalue weighted by molar-refractivity contribution is 5.00. The van der Waals surface area contributed by atoms with Crippen molar-refractivity contribution in [3.05, 3.63) is 0 Å². The minimum absolute atomic E-state index is 0.312. The Hall–Kier alpha value is -0.550. The van der Waals surface area contributed by atoms with Crippen molar-refractivity contribution in [1.82, 2.24) is 5.32 Å². The van der Waals surface area contributed by atoms with Crippen LogP contribution in [0.1, 0.15) is 19.3 Å². The molecule has 3 aliphatic rings. The number of hydrogen-bond donors (Lipinski definition) is 1. The van der Waals surface area contributed by atoms with Crippen LogP contribution in [0.2, 0.25) is 0 Å². The van der Waals surface area contributed by atoms with Crippen molar-refractivity contribution < 1.29 is 0 Å². The molecule has 1 saturated carbocycles. The van der Waals surface area contributed by atoms with Gasteiger partial charge in [-0.25, -0.2) is 0 Å². The quantitative estimate of drug-likeness (QED) is 0.537. The van der Waals surface area contributed by atoms with Gasteiger partial charge in [-0.15, -0.1) is 0 Å². The van der Waals surface area contributed by atoms with Crippen LogP contribution in [0, 0.1) is 23.2 Å². The van der Waals surface area contributed by atoms with Crippen LogP contribution in [0.4, 0.5) is 0 Å². The van der Waals surface area contributed by atoms with E-state index in [0.29, 0.717) is 12.0 Å². The first kappa shape index (κ1) is 6.18. The molecular weight excluding hydrogens is 124 g/mol. The lowest BCUT2D eigenvalue weighted by molar-refractivity contribution is 0.171. The lowest BCUT2D eigenvalue weighted by Gasteiger charge is -2.40. The fourth-order valence-corrected chi connectivity index (χ4v) is 2.15.